The van der Waals surface area contributed by atoms with Crippen molar-refractivity contribution in [2.75, 3.05) is 0 Å². The topological polar surface area (TPSA) is 86.6 Å². The first kappa shape index (κ1) is 26.8. The summed E-state index contributed by atoms with van der Waals surface area (Å²) in [5.41, 5.74) is -0.467. The van der Waals surface area contributed by atoms with Crippen molar-refractivity contribution in [3.63, 3.8) is 0 Å². The van der Waals surface area contributed by atoms with E-state index in [0.717, 1.165) is 33.9 Å². The number of aromatic hydroxyl groups is 1. The van der Waals surface area contributed by atoms with Gasteiger partial charge in [0, 0.05) is 0 Å². The van der Waals surface area contributed by atoms with E-state index in [1.807, 2.05) is 18.2 Å². The third kappa shape index (κ3) is 4.49. The van der Waals surface area contributed by atoms with Crippen molar-refractivity contribution in [1.82, 2.24) is 20.0 Å². The average Bonchev–Trinajstić information content (AvgIpc) is 3.59. The van der Waals surface area contributed by atoms with Crippen LogP contribution in [0.15, 0.2) is 66.7 Å². The number of carbonyl (C=O) groups excluding carboxylic acids is 2. The molecule has 13 heteroatoms. The first-order chi connectivity index (χ1) is 19.5. The number of urea groups is 1. The van der Waals surface area contributed by atoms with Crippen molar-refractivity contribution in [3.8, 4) is 27.4 Å². The number of benzene rings is 3. The second kappa shape index (κ2) is 9.61. The van der Waals surface area contributed by atoms with Crippen molar-refractivity contribution >= 4 is 23.3 Å². The number of halogens is 5. The van der Waals surface area contributed by atoms with E-state index in [-0.39, 0.29) is 45.4 Å². The van der Waals surface area contributed by atoms with Crippen LogP contribution in [-0.4, -0.2) is 48.8 Å². The molecule has 1 aliphatic heterocycles. The van der Waals surface area contributed by atoms with E-state index < -0.39 is 47.1 Å². The molecule has 2 heterocycles. The molecule has 41 heavy (non-hydrogen) atoms. The Balaban J connectivity index is 1.30. The van der Waals surface area contributed by atoms with Crippen molar-refractivity contribution in [2.45, 2.75) is 37.1 Å². The van der Waals surface area contributed by atoms with Crippen LogP contribution in [0, 0.1) is 11.6 Å². The van der Waals surface area contributed by atoms with Crippen LogP contribution in [0.5, 0.6) is 5.75 Å². The van der Waals surface area contributed by atoms with E-state index >= 15 is 0 Å². The number of carbonyl (C=O) groups is 2. The molecule has 7 nitrogen and oxygen atoms in total. The maximum absolute atomic E-state index is 14.5. The summed E-state index contributed by atoms with van der Waals surface area (Å²) in [6.07, 6.45) is -4.60. The number of hydrogen-bond donors (Lipinski definition) is 1. The molecule has 1 N–H and O–H groups in total. The van der Waals surface area contributed by atoms with E-state index in [0.29, 0.717) is 5.56 Å². The Morgan fingerprint density at radius 2 is 1.59 bits per heavy atom. The first-order valence-electron chi connectivity index (χ1n) is 12.4. The summed E-state index contributed by atoms with van der Waals surface area (Å²) < 4.78 is 71.2. The van der Waals surface area contributed by atoms with Crippen LogP contribution in [0.4, 0.5) is 26.7 Å². The van der Waals surface area contributed by atoms with Gasteiger partial charge in [-0.3, -0.25) is 4.79 Å². The standard InChI is InChI=1S/C28H19F5N4O3S/c29-19-11-10-18(21(30)22(19)38)24-35-34-20(41-24)14-36-26(40)37(25(39)27(36)12-13-27)23(28(31,32)33)17-8-6-16(7-9-17)15-4-2-1-3-5-15/h1-11,23,38H,12-14H2. The SMILES string of the molecule is O=C1N(C(c2ccc(-c3ccccc3)cc2)C(F)(F)F)C(=O)C2(CC2)N1Cc1nnc(-c2ccc(F)c(O)c2F)s1. The molecule has 0 radical (unpaired) electrons. The van der Waals surface area contributed by atoms with Crippen LogP contribution in [0.3, 0.4) is 0 Å². The van der Waals surface area contributed by atoms with Gasteiger partial charge in [0.25, 0.3) is 5.91 Å². The predicted molar refractivity (Wildman–Crippen MR) is 137 cm³/mol. The van der Waals surface area contributed by atoms with E-state index in [1.54, 1.807) is 12.1 Å². The summed E-state index contributed by atoms with van der Waals surface area (Å²) in [5.74, 6) is -4.56. The molecule has 210 valence electrons. The van der Waals surface area contributed by atoms with Gasteiger partial charge in [0.1, 0.15) is 10.5 Å². The highest BCUT2D eigenvalue weighted by molar-refractivity contribution is 7.14. The zero-order valence-corrected chi connectivity index (χ0v) is 21.7. The summed E-state index contributed by atoms with van der Waals surface area (Å²) in [4.78, 5) is 28.2. The second-order valence-corrected chi connectivity index (χ2v) is 10.8. The van der Waals surface area contributed by atoms with Gasteiger partial charge in [0.05, 0.1) is 12.1 Å². The van der Waals surface area contributed by atoms with Gasteiger partial charge in [-0.2, -0.15) is 13.2 Å². The fourth-order valence-electron chi connectivity index (χ4n) is 5.03. The third-order valence-corrected chi connectivity index (χ3v) is 8.19. The highest BCUT2D eigenvalue weighted by Crippen LogP contribution is 2.53. The summed E-state index contributed by atoms with van der Waals surface area (Å²) >= 11 is 0.803. The van der Waals surface area contributed by atoms with Crippen molar-refractivity contribution < 1.29 is 36.6 Å². The van der Waals surface area contributed by atoms with Gasteiger partial charge in [0.2, 0.25) is 0 Å². The number of amides is 3. The van der Waals surface area contributed by atoms with Crippen LogP contribution >= 0.6 is 11.3 Å². The largest absolute Gasteiger partial charge is 0.503 e. The number of nitrogens with zero attached hydrogens (tertiary/aromatic N) is 4. The number of alkyl halides is 3. The molecule has 1 atom stereocenters. The van der Waals surface area contributed by atoms with Crippen LogP contribution in [0.25, 0.3) is 21.7 Å². The maximum Gasteiger partial charge on any atom is 0.413 e. The maximum atomic E-state index is 14.5. The number of hydrogen-bond acceptors (Lipinski definition) is 6. The lowest BCUT2D eigenvalue weighted by Crippen LogP contribution is -2.43. The lowest BCUT2D eigenvalue weighted by molar-refractivity contribution is -0.182. The molecular weight excluding hydrogens is 567 g/mol. The molecule has 4 aromatic rings. The fraction of sp³-hybridized carbons (Fsp3) is 0.214. The fourth-order valence-corrected chi connectivity index (χ4v) is 5.88. The Kier molecular flexibility index (Phi) is 6.29. The Morgan fingerprint density at radius 1 is 0.927 bits per heavy atom. The highest BCUT2D eigenvalue weighted by atomic mass is 32.1. The third-order valence-electron chi connectivity index (χ3n) is 7.25. The Morgan fingerprint density at radius 3 is 2.22 bits per heavy atom. The Labute approximate surface area is 233 Å². The van der Waals surface area contributed by atoms with E-state index in [1.165, 1.54) is 24.3 Å². The molecule has 1 aromatic heterocycles. The molecule has 1 saturated heterocycles. The quantitative estimate of drug-likeness (QED) is 0.207. The average molecular weight is 587 g/mol. The molecule has 3 amide bonds. The van der Waals surface area contributed by atoms with Crippen molar-refractivity contribution in [3.05, 3.63) is 88.9 Å². The van der Waals surface area contributed by atoms with Crippen LogP contribution in [0.2, 0.25) is 0 Å². The van der Waals surface area contributed by atoms with Gasteiger partial charge in [-0.15, -0.1) is 10.2 Å². The molecule has 3 aromatic carbocycles. The smallest absolute Gasteiger partial charge is 0.413 e. The molecule has 0 bridgehead atoms. The molecule has 1 saturated carbocycles. The summed E-state index contributed by atoms with van der Waals surface area (Å²) in [6.45, 7) is -0.342. The lowest BCUT2D eigenvalue weighted by Gasteiger charge is -2.28. The van der Waals surface area contributed by atoms with Gasteiger partial charge in [0.15, 0.2) is 28.4 Å². The first-order valence-corrected chi connectivity index (χ1v) is 13.2. The molecule has 1 aliphatic carbocycles. The molecule has 6 rings (SSSR count). The number of rotatable bonds is 6. The number of phenolic OH excluding ortho intramolecular Hbond substituents is 1. The zero-order chi connectivity index (χ0) is 29.1. The number of aromatic nitrogens is 2. The minimum Gasteiger partial charge on any atom is -0.503 e. The zero-order valence-electron chi connectivity index (χ0n) is 20.9. The molecule has 1 unspecified atom stereocenters. The highest BCUT2D eigenvalue weighted by Gasteiger charge is 2.68. The molecule has 1 spiro atoms. The van der Waals surface area contributed by atoms with Crippen molar-refractivity contribution in [2.24, 2.45) is 0 Å². The Bertz CT molecular complexity index is 1660. The van der Waals surface area contributed by atoms with Gasteiger partial charge in [-0.25, -0.2) is 18.5 Å². The van der Waals surface area contributed by atoms with E-state index in [2.05, 4.69) is 10.2 Å². The monoisotopic (exact) mass is 586 g/mol. The van der Waals surface area contributed by atoms with Crippen LogP contribution in [-0.2, 0) is 11.3 Å². The summed E-state index contributed by atoms with van der Waals surface area (Å²) in [5, 5.41) is 17.4. The summed E-state index contributed by atoms with van der Waals surface area (Å²) in [7, 11) is 0. The van der Waals surface area contributed by atoms with Crippen LogP contribution < -0.4 is 0 Å². The number of phenols is 1. The summed E-state index contributed by atoms with van der Waals surface area (Å²) in [6, 6.07) is 12.8. The lowest BCUT2D eigenvalue weighted by atomic mass is 9.99. The number of imide groups is 1. The minimum atomic E-state index is -4.95. The molecule has 2 aliphatic rings. The minimum absolute atomic E-state index is 0.0425. The van der Waals surface area contributed by atoms with E-state index in [4.69, 9.17) is 0 Å². The normalized spacial score (nSPS) is 17.0. The van der Waals surface area contributed by atoms with Crippen molar-refractivity contribution in [1.29, 1.82) is 0 Å². The van der Waals surface area contributed by atoms with Gasteiger partial charge < -0.3 is 10.0 Å². The van der Waals surface area contributed by atoms with Gasteiger partial charge in [-0.1, -0.05) is 65.9 Å². The molecule has 2 fully saturated rings. The van der Waals surface area contributed by atoms with Crippen LogP contribution in [0.1, 0.15) is 29.5 Å². The Hall–Kier alpha value is -4.39. The van der Waals surface area contributed by atoms with E-state index in [9.17, 15) is 36.6 Å². The predicted octanol–water partition coefficient (Wildman–Crippen LogP) is 6.46. The second-order valence-electron chi connectivity index (χ2n) is 9.77. The molecular formula is C28H19F5N4O3S. The van der Waals surface area contributed by atoms with Gasteiger partial charge >= 0.3 is 12.2 Å². The van der Waals surface area contributed by atoms with Gasteiger partial charge in [-0.05, 0) is 41.7 Å².